The number of carbonyl (C=O) groups is 1. The highest BCUT2D eigenvalue weighted by molar-refractivity contribution is 7.09. The fraction of sp³-hybridized carbons (Fsp3) is 0.238. The van der Waals surface area contributed by atoms with Gasteiger partial charge >= 0.3 is 0 Å². The van der Waals surface area contributed by atoms with Crippen LogP contribution in [-0.2, 0) is 6.42 Å². The molecule has 0 N–H and O–H groups in total. The van der Waals surface area contributed by atoms with Crippen LogP contribution in [0.25, 0.3) is 0 Å². The van der Waals surface area contributed by atoms with E-state index in [1.807, 2.05) is 52.7 Å². The number of carbonyl (C=O) groups excluding carboxylic acids is 1. The highest BCUT2D eigenvalue weighted by Gasteiger charge is 2.24. The molecule has 0 saturated carbocycles. The number of halogens is 1. The minimum Gasteiger partial charge on any atom is -0.368 e. The summed E-state index contributed by atoms with van der Waals surface area (Å²) < 4.78 is 0. The van der Waals surface area contributed by atoms with E-state index < -0.39 is 0 Å². The van der Waals surface area contributed by atoms with Crippen molar-refractivity contribution < 1.29 is 4.79 Å². The second-order valence-electron chi connectivity index (χ2n) is 6.54. The molecule has 1 amide bonds. The summed E-state index contributed by atoms with van der Waals surface area (Å²) in [4.78, 5) is 21.5. The monoisotopic (exact) mass is 397 g/mol. The Hall–Kier alpha value is -2.37. The number of thiazole rings is 1. The zero-order valence-corrected chi connectivity index (χ0v) is 16.4. The molecule has 1 saturated heterocycles. The molecule has 0 atom stereocenters. The molecular formula is C21H20ClN3OS. The van der Waals surface area contributed by atoms with Crippen LogP contribution in [0.15, 0.2) is 60.0 Å². The van der Waals surface area contributed by atoms with Gasteiger partial charge in [0.05, 0.1) is 5.01 Å². The Bertz CT molecular complexity index is 903. The summed E-state index contributed by atoms with van der Waals surface area (Å²) >= 11 is 7.51. The molecule has 1 aromatic heterocycles. The molecule has 0 spiro atoms. The molecule has 4 rings (SSSR count). The molecule has 138 valence electrons. The van der Waals surface area contributed by atoms with Crippen molar-refractivity contribution in [3.63, 3.8) is 0 Å². The van der Waals surface area contributed by atoms with Crippen LogP contribution in [0.4, 0.5) is 5.69 Å². The molecule has 1 aliphatic rings. The van der Waals surface area contributed by atoms with E-state index in [1.165, 1.54) is 5.56 Å². The van der Waals surface area contributed by atoms with Gasteiger partial charge in [0.25, 0.3) is 5.91 Å². The first-order valence-electron chi connectivity index (χ1n) is 8.97. The summed E-state index contributed by atoms with van der Waals surface area (Å²) in [6.07, 6.45) is 0.767. The number of rotatable bonds is 4. The number of hydrogen-bond donors (Lipinski definition) is 0. The molecule has 1 fully saturated rings. The SMILES string of the molecule is O=C(c1csc(Cc2ccccc2)n1)N1CCN(c2ccc(Cl)cc2)CC1. The van der Waals surface area contributed by atoms with Crippen LogP contribution >= 0.6 is 22.9 Å². The van der Waals surface area contributed by atoms with Crippen molar-refractivity contribution in [3.05, 3.63) is 81.3 Å². The van der Waals surface area contributed by atoms with E-state index in [9.17, 15) is 4.79 Å². The first-order valence-corrected chi connectivity index (χ1v) is 10.2. The Morgan fingerprint density at radius 1 is 1.00 bits per heavy atom. The van der Waals surface area contributed by atoms with Gasteiger partial charge in [-0.3, -0.25) is 4.79 Å². The maximum absolute atomic E-state index is 12.8. The van der Waals surface area contributed by atoms with Gasteiger partial charge in [0.2, 0.25) is 0 Å². The molecule has 6 heteroatoms. The summed E-state index contributed by atoms with van der Waals surface area (Å²) in [7, 11) is 0. The van der Waals surface area contributed by atoms with E-state index >= 15 is 0 Å². The van der Waals surface area contributed by atoms with E-state index in [4.69, 9.17) is 11.6 Å². The Morgan fingerprint density at radius 2 is 1.70 bits per heavy atom. The second kappa shape index (κ2) is 8.11. The van der Waals surface area contributed by atoms with Crippen molar-refractivity contribution in [1.29, 1.82) is 0 Å². The van der Waals surface area contributed by atoms with Crippen LogP contribution in [0.5, 0.6) is 0 Å². The number of nitrogens with zero attached hydrogens (tertiary/aromatic N) is 3. The zero-order chi connectivity index (χ0) is 18.6. The smallest absolute Gasteiger partial charge is 0.273 e. The first kappa shape index (κ1) is 18.0. The molecule has 0 unspecified atom stereocenters. The number of amides is 1. The number of hydrogen-bond acceptors (Lipinski definition) is 4. The Morgan fingerprint density at radius 3 is 2.41 bits per heavy atom. The van der Waals surface area contributed by atoms with Crippen molar-refractivity contribution in [2.45, 2.75) is 6.42 Å². The maximum atomic E-state index is 12.8. The van der Waals surface area contributed by atoms with Gasteiger partial charge in [-0.25, -0.2) is 4.98 Å². The highest BCUT2D eigenvalue weighted by atomic mass is 35.5. The minimum atomic E-state index is 0.0290. The Labute approximate surface area is 168 Å². The average Bonchev–Trinajstić information content (AvgIpc) is 3.17. The normalized spacial score (nSPS) is 14.4. The van der Waals surface area contributed by atoms with Gasteiger partial charge < -0.3 is 9.80 Å². The van der Waals surface area contributed by atoms with Crippen LogP contribution in [0.2, 0.25) is 5.02 Å². The first-order chi connectivity index (χ1) is 13.2. The standard InChI is InChI=1S/C21H20ClN3OS/c22-17-6-8-18(9-7-17)24-10-12-25(13-11-24)21(26)19-15-27-20(23-19)14-16-4-2-1-3-5-16/h1-9,15H,10-14H2. The lowest BCUT2D eigenvalue weighted by Crippen LogP contribution is -2.48. The maximum Gasteiger partial charge on any atom is 0.273 e. The van der Waals surface area contributed by atoms with Gasteiger partial charge in [0.1, 0.15) is 5.69 Å². The Kier molecular flexibility index (Phi) is 5.41. The van der Waals surface area contributed by atoms with Gasteiger partial charge in [0.15, 0.2) is 0 Å². The molecule has 0 aliphatic carbocycles. The van der Waals surface area contributed by atoms with Gasteiger partial charge in [-0.2, -0.15) is 0 Å². The van der Waals surface area contributed by atoms with E-state index in [1.54, 1.807) is 11.3 Å². The minimum absolute atomic E-state index is 0.0290. The van der Waals surface area contributed by atoms with Crippen LogP contribution < -0.4 is 4.90 Å². The zero-order valence-electron chi connectivity index (χ0n) is 14.8. The molecule has 3 aromatic rings. The van der Waals surface area contributed by atoms with E-state index in [0.29, 0.717) is 18.8 Å². The summed E-state index contributed by atoms with van der Waals surface area (Å²) in [5, 5.41) is 3.60. The summed E-state index contributed by atoms with van der Waals surface area (Å²) in [6.45, 7) is 3.03. The molecule has 2 aromatic carbocycles. The molecular weight excluding hydrogens is 378 g/mol. The summed E-state index contributed by atoms with van der Waals surface area (Å²) in [5.74, 6) is 0.0290. The molecule has 0 bridgehead atoms. The lowest BCUT2D eigenvalue weighted by atomic mass is 10.2. The summed E-state index contributed by atoms with van der Waals surface area (Å²) in [6, 6.07) is 18.1. The van der Waals surface area contributed by atoms with Crippen molar-refractivity contribution >= 4 is 34.5 Å². The van der Waals surface area contributed by atoms with Crippen molar-refractivity contribution in [3.8, 4) is 0 Å². The molecule has 1 aliphatic heterocycles. The number of piperazine rings is 1. The number of benzene rings is 2. The van der Waals surface area contributed by atoms with E-state index in [0.717, 1.165) is 35.2 Å². The van der Waals surface area contributed by atoms with Crippen LogP contribution in [0, 0.1) is 0 Å². The van der Waals surface area contributed by atoms with Gasteiger partial charge in [-0.05, 0) is 29.8 Å². The van der Waals surface area contributed by atoms with E-state index in [2.05, 4.69) is 22.0 Å². The molecule has 0 radical (unpaired) electrons. The highest BCUT2D eigenvalue weighted by Crippen LogP contribution is 2.21. The second-order valence-corrected chi connectivity index (χ2v) is 7.92. The van der Waals surface area contributed by atoms with Crippen LogP contribution in [0.3, 0.4) is 0 Å². The third-order valence-corrected chi connectivity index (χ3v) is 5.83. The van der Waals surface area contributed by atoms with Crippen molar-refractivity contribution in [2.24, 2.45) is 0 Å². The van der Waals surface area contributed by atoms with Crippen LogP contribution in [0.1, 0.15) is 21.1 Å². The number of anilines is 1. The summed E-state index contributed by atoms with van der Waals surface area (Å²) in [5.41, 5.74) is 2.92. The van der Waals surface area contributed by atoms with Crippen molar-refractivity contribution in [1.82, 2.24) is 9.88 Å². The van der Waals surface area contributed by atoms with Gasteiger partial charge in [0, 0.05) is 48.7 Å². The fourth-order valence-corrected chi connectivity index (χ4v) is 4.17. The molecule has 4 nitrogen and oxygen atoms in total. The predicted molar refractivity (Wildman–Crippen MR) is 111 cm³/mol. The lowest BCUT2D eigenvalue weighted by Gasteiger charge is -2.35. The topological polar surface area (TPSA) is 36.4 Å². The quantitative estimate of drug-likeness (QED) is 0.656. The van der Waals surface area contributed by atoms with E-state index in [-0.39, 0.29) is 5.91 Å². The Balaban J connectivity index is 1.36. The predicted octanol–water partition coefficient (Wildman–Crippen LogP) is 4.35. The van der Waals surface area contributed by atoms with Crippen molar-refractivity contribution in [2.75, 3.05) is 31.1 Å². The average molecular weight is 398 g/mol. The lowest BCUT2D eigenvalue weighted by molar-refractivity contribution is 0.0741. The third kappa shape index (κ3) is 4.31. The van der Waals surface area contributed by atoms with Gasteiger partial charge in [-0.1, -0.05) is 41.9 Å². The molecule has 27 heavy (non-hydrogen) atoms. The fourth-order valence-electron chi connectivity index (χ4n) is 3.24. The number of aromatic nitrogens is 1. The molecule has 2 heterocycles. The third-order valence-electron chi connectivity index (χ3n) is 4.73. The van der Waals surface area contributed by atoms with Crippen LogP contribution in [-0.4, -0.2) is 42.0 Å². The van der Waals surface area contributed by atoms with Gasteiger partial charge in [-0.15, -0.1) is 11.3 Å². The largest absolute Gasteiger partial charge is 0.368 e.